The molecule has 0 spiro atoms. The van der Waals surface area contributed by atoms with Gasteiger partial charge in [0.1, 0.15) is 5.60 Å². The van der Waals surface area contributed by atoms with Crippen molar-refractivity contribution < 1.29 is 40.5 Å². The molecule has 0 bridgehead atoms. The second kappa shape index (κ2) is 8.32. The zero-order chi connectivity index (χ0) is 26.4. The molecule has 35 heavy (non-hydrogen) atoms. The fourth-order valence-electron chi connectivity index (χ4n) is 8.26. The highest BCUT2D eigenvalue weighted by Crippen LogP contribution is 2.69. The van der Waals surface area contributed by atoms with Crippen LogP contribution in [0.3, 0.4) is 0 Å². The molecule has 0 aliphatic heterocycles. The van der Waals surface area contributed by atoms with Crippen LogP contribution in [-0.4, -0.2) is 82.7 Å². The van der Waals surface area contributed by atoms with E-state index in [1.54, 1.807) is 13.8 Å². The summed E-state index contributed by atoms with van der Waals surface area (Å²) in [6.45, 7) is 8.92. The third-order valence-electron chi connectivity index (χ3n) is 10.9. The van der Waals surface area contributed by atoms with Crippen LogP contribution in [0.4, 0.5) is 0 Å². The van der Waals surface area contributed by atoms with Crippen LogP contribution in [-0.2, 0) is 4.79 Å². The van der Waals surface area contributed by atoms with Gasteiger partial charge in [-0.3, -0.25) is 4.79 Å². The number of fused-ring (bicyclic) bond motifs is 5. The van der Waals surface area contributed by atoms with Crippen LogP contribution >= 0.6 is 0 Å². The van der Waals surface area contributed by atoms with Gasteiger partial charge in [-0.05, 0) is 68.4 Å². The van der Waals surface area contributed by atoms with Gasteiger partial charge < -0.3 is 35.7 Å². The van der Waals surface area contributed by atoms with E-state index in [0.717, 1.165) is 0 Å². The minimum atomic E-state index is -1.82. The minimum Gasteiger partial charge on any atom is -0.393 e. The predicted molar refractivity (Wildman–Crippen MR) is 128 cm³/mol. The molecule has 0 heterocycles. The lowest BCUT2D eigenvalue weighted by atomic mass is 9.44. The molecule has 1 unspecified atom stereocenters. The number of carbonyl (C=O) groups is 1. The summed E-state index contributed by atoms with van der Waals surface area (Å²) in [4.78, 5) is 13.3. The minimum absolute atomic E-state index is 0.0187. The monoisotopic (exact) mass is 496 g/mol. The van der Waals surface area contributed by atoms with Gasteiger partial charge in [-0.2, -0.15) is 0 Å². The molecular weight excluding hydrogens is 452 g/mol. The van der Waals surface area contributed by atoms with Crippen molar-refractivity contribution in [3.63, 3.8) is 0 Å². The summed E-state index contributed by atoms with van der Waals surface area (Å²) in [6, 6.07) is 0. The predicted octanol–water partition coefficient (Wildman–Crippen LogP) is 0.825. The van der Waals surface area contributed by atoms with E-state index in [2.05, 4.69) is 0 Å². The second-order valence-corrected chi connectivity index (χ2v) is 13.0. The number of rotatable bonds is 5. The fraction of sp³-hybridized carbons (Fsp3) is 0.889. The van der Waals surface area contributed by atoms with Gasteiger partial charge in [0.2, 0.25) is 0 Å². The molecule has 3 fully saturated rings. The van der Waals surface area contributed by atoms with E-state index < -0.39 is 63.8 Å². The van der Waals surface area contributed by atoms with Crippen molar-refractivity contribution in [2.75, 3.05) is 0 Å². The molecule has 0 aromatic rings. The number of ketones is 1. The van der Waals surface area contributed by atoms with Gasteiger partial charge >= 0.3 is 0 Å². The van der Waals surface area contributed by atoms with Crippen molar-refractivity contribution in [3.8, 4) is 0 Å². The SMILES string of the molecule is CC(C)[C@@H](O)C[C@@H](O)[C@](C)(O)[C@H]1CC[C@@]2(O)C3=CC(=O)[C@]4(O)C[C@@H](O)[C@@H](O)C[C@]4(C)C3CC[C@]12C. The van der Waals surface area contributed by atoms with E-state index in [1.807, 2.05) is 20.8 Å². The Labute approximate surface area is 207 Å². The maximum atomic E-state index is 13.3. The maximum absolute atomic E-state index is 13.3. The molecular formula is C27H44O8. The first-order chi connectivity index (χ1) is 16.0. The molecule has 11 atom stereocenters. The van der Waals surface area contributed by atoms with E-state index in [4.69, 9.17) is 0 Å². The van der Waals surface area contributed by atoms with Gasteiger partial charge in [-0.25, -0.2) is 0 Å². The Kier molecular flexibility index (Phi) is 6.46. The Morgan fingerprint density at radius 1 is 1.00 bits per heavy atom. The third kappa shape index (κ3) is 3.55. The van der Waals surface area contributed by atoms with Crippen molar-refractivity contribution in [3.05, 3.63) is 11.6 Å². The Balaban J connectivity index is 1.71. The molecule has 0 aromatic carbocycles. The highest BCUT2D eigenvalue weighted by molar-refractivity contribution is 6.00. The van der Waals surface area contributed by atoms with Crippen LogP contribution in [0.25, 0.3) is 0 Å². The van der Waals surface area contributed by atoms with Gasteiger partial charge in [0.05, 0.1) is 35.6 Å². The summed E-state index contributed by atoms with van der Waals surface area (Å²) in [7, 11) is 0. The number of hydrogen-bond donors (Lipinski definition) is 7. The molecule has 7 N–H and O–H groups in total. The number of aliphatic hydroxyl groups excluding tert-OH is 4. The van der Waals surface area contributed by atoms with Gasteiger partial charge in [-0.15, -0.1) is 0 Å². The van der Waals surface area contributed by atoms with E-state index in [9.17, 15) is 40.5 Å². The van der Waals surface area contributed by atoms with Crippen molar-refractivity contribution in [1.82, 2.24) is 0 Å². The van der Waals surface area contributed by atoms with Crippen LogP contribution < -0.4 is 0 Å². The lowest BCUT2D eigenvalue weighted by Gasteiger charge is -2.62. The number of hydrogen-bond acceptors (Lipinski definition) is 8. The zero-order valence-corrected chi connectivity index (χ0v) is 21.6. The molecule has 4 aliphatic carbocycles. The van der Waals surface area contributed by atoms with Gasteiger partial charge in [0, 0.05) is 23.7 Å². The maximum Gasteiger partial charge on any atom is 0.187 e. The molecule has 0 aromatic heterocycles. The first-order valence-electron chi connectivity index (χ1n) is 13.1. The molecule has 8 nitrogen and oxygen atoms in total. The van der Waals surface area contributed by atoms with Gasteiger partial charge in [0.15, 0.2) is 5.78 Å². The quantitative estimate of drug-likeness (QED) is 0.295. The number of carbonyl (C=O) groups excluding carboxylic acids is 1. The zero-order valence-electron chi connectivity index (χ0n) is 21.6. The fourth-order valence-corrected chi connectivity index (χ4v) is 8.26. The standard InChI is InChI=1S/C27H44O8/c1-14(2)17(28)11-21(31)25(5,33)20-7-9-26(34)16-10-22(32)27(35)13-19(30)18(29)12-24(27,4)15(16)6-8-23(20,26)3/h10,14-15,17-21,28-31,33-35H,6-9,11-13H2,1-5H3/t15?,17-,18-,19+,20-,21+,23+,24+,25+,26+,27+/m0/s1. The molecule has 200 valence electrons. The Morgan fingerprint density at radius 3 is 2.20 bits per heavy atom. The van der Waals surface area contributed by atoms with Gasteiger partial charge in [-0.1, -0.05) is 27.7 Å². The molecule has 0 saturated heterocycles. The smallest absolute Gasteiger partial charge is 0.187 e. The lowest BCUT2D eigenvalue weighted by molar-refractivity contribution is -0.212. The third-order valence-corrected chi connectivity index (χ3v) is 10.9. The summed E-state index contributed by atoms with van der Waals surface area (Å²) in [5.74, 6) is -1.50. The van der Waals surface area contributed by atoms with Crippen LogP contribution in [0.2, 0.25) is 0 Å². The number of aliphatic hydroxyl groups is 7. The summed E-state index contributed by atoms with van der Waals surface area (Å²) in [6.07, 6.45) is -1.34. The molecule has 4 rings (SSSR count). The second-order valence-electron chi connectivity index (χ2n) is 13.0. The first-order valence-corrected chi connectivity index (χ1v) is 13.1. The van der Waals surface area contributed by atoms with Crippen molar-refractivity contribution in [2.45, 2.75) is 121 Å². The molecule has 4 aliphatic rings. The molecule has 3 saturated carbocycles. The van der Waals surface area contributed by atoms with Gasteiger partial charge in [0.25, 0.3) is 0 Å². The largest absolute Gasteiger partial charge is 0.393 e. The van der Waals surface area contributed by atoms with Crippen LogP contribution in [0, 0.1) is 28.6 Å². The van der Waals surface area contributed by atoms with E-state index in [1.165, 1.54) is 6.08 Å². The lowest BCUT2D eigenvalue weighted by Crippen LogP contribution is -2.69. The van der Waals surface area contributed by atoms with E-state index in [0.29, 0.717) is 31.3 Å². The van der Waals surface area contributed by atoms with Crippen LogP contribution in [0.5, 0.6) is 0 Å². The Bertz CT molecular complexity index is 900. The molecule has 0 radical (unpaired) electrons. The van der Waals surface area contributed by atoms with E-state index >= 15 is 0 Å². The summed E-state index contributed by atoms with van der Waals surface area (Å²) >= 11 is 0. The molecule has 8 heteroatoms. The van der Waals surface area contributed by atoms with Crippen molar-refractivity contribution >= 4 is 5.78 Å². The van der Waals surface area contributed by atoms with Crippen LogP contribution in [0.15, 0.2) is 11.6 Å². The highest BCUT2D eigenvalue weighted by atomic mass is 16.3. The van der Waals surface area contributed by atoms with E-state index in [-0.39, 0.29) is 31.1 Å². The molecule has 0 amide bonds. The summed E-state index contributed by atoms with van der Waals surface area (Å²) in [5, 5.41) is 77.2. The Morgan fingerprint density at radius 2 is 1.60 bits per heavy atom. The average molecular weight is 497 g/mol. The van der Waals surface area contributed by atoms with Crippen molar-refractivity contribution in [1.29, 1.82) is 0 Å². The topological polar surface area (TPSA) is 159 Å². The summed E-state index contributed by atoms with van der Waals surface area (Å²) < 4.78 is 0. The average Bonchev–Trinajstić information content (AvgIpc) is 3.03. The van der Waals surface area contributed by atoms with Crippen LogP contribution in [0.1, 0.15) is 79.6 Å². The normalized spacial score (nSPS) is 48.9. The highest BCUT2D eigenvalue weighted by Gasteiger charge is 2.71. The van der Waals surface area contributed by atoms with Crippen molar-refractivity contribution in [2.24, 2.45) is 28.6 Å². The first kappa shape index (κ1) is 27.2. The summed E-state index contributed by atoms with van der Waals surface area (Å²) in [5.41, 5.74) is -6.19. The Hall–Kier alpha value is -0.870.